The van der Waals surface area contributed by atoms with E-state index in [-0.39, 0.29) is 0 Å². The zero-order valence-electron chi connectivity index (χ0n) is 11.2. The number of carbonyl (C=O) groups is 1. The highest BCUT2D eigenvalue weighted by Gasteiger charge is 2.22. The minimum Gasteiger partial charge on any atom is -0.456 e. The molecule has 0 saturated carbocycles. The van der Waals surface area contributed by atoms with E-state index in [1.165, 1.54) is 6.20 Å². The number of anilines is 1. The number of nitrogens with zero attached hydrogens (tertiary/aromatic N) is 1. The molecule has 1 heterocycles. The van der Waals surface area contributed by atoms with E-state index in [0.717, 1.165) is 5.56 Å². The maximum Gasteiger partial charge on any atom is 0.342 e. The van der Waals surface area contributed by atoms with Crippen molar-refractivity contribution in [2.45, 2.75) is 26.4 Å². The minimum absolute atomic E-state index is 0.395. The lowest BCUT2D eigenvalue weighted by molar-refractivity contribution is 0.00705. The molecule has 0 spiro atoms. The van der Waals surface area contributed by atoms with Crippen LogP contribution in [0.5, 0.6) is 0 Å². The zero-order chi connectivity index (χ0) is 14.0. The van der Waals surface area contributed by atoms with Gasteiger partial charge in [0, 0.05) is 11.3 Å². The monoisotopic (exact) mass is 259 g/mol. The second-order valence-corrected chi connectivity index (χ2v) is 5.28. The first-order valence-corrected chi connectivity index (χ1v) is 5.99. The Morgan fingerprint density at radius 3 is 2.47 bits per heavy atom. The number of hydrogen-bond acceptors (Lipinski definition) is 4. The lowest BCUT2D eigenvalue weighted by Gasteiger charge is -2.19. The molecule has 0 aliphatic rings. The molecule has 1 aromatic heterocycles. The molecule has 1 aromatic carbocycles. The van der Waals surface area contributed by atoms with Crippen LogP contribution in [-0.2, 0) is 4.74 Å². The largest absolute Gasteiger partial charge is 0.456 e. The SMILES string of the molecule is CC(C)(C)OC(=O)c1cn[nH]c1-c1ccc(N)cc1. The Labute approximate surface area is 111 Å². The van der Waals surface area contributed by atoms with Crippen LogP contribution in [0.3, 0.4) is 0 Å². The van der Waals surface area contributed by atoms with Gasteiger partial charge in [0.15, 0.2) is 0 Å². The maximum atomic E-state index is 12.1. The van der Waals surface area contributed by atoms with Gasteiger partial charge in [0.1, 0.15) is 11.2 Å². The number of rotatable bonds is 2. The molecule has 0 unspecified atom stereocenters. The van der Waals surface area contributed by atoms with E-state index in [9.17, 15) is 4.79 Å². The van der Waals surface area contributed by atoms with Crippen molar-refractivity contribution in [3.05, 3.63) is 36.0 Å². The third-order valence-electron chi connectivity index (χ3n) is 2.46. The molecule has 0 atom stereocenters. The van der Waals surface area contributed by atoms with Gasteiger partial charge in [-0.2, -0.15) is 5.10 Å². The van der Waals surface area contributed by atoms with Gasteiger partial charge in [0.2, 0.25) is 0 Å². The van der Waals surface area contributed by atoms with Gasteiger partial charge in [-0.25, -0.2) is 4.79 Å². The van der Waals surface area contributed by atoms with Gasteiger partial charge in [-0.3, -0.25) is 5.10 Å². The molecule has 2 aromatic rings. The van der Waals surface area contributed by atoms with Crippen LogP contribution in [0, 0.1) is 0 Å². The number of aromatic nitrogens is 2. The number of hydrogen-bond donors (Lipinski definition) is 2. The van der Waals surface area contributed by atoms with E-state index in [0.29, 0.717) is 16.9 Å². The van der Waals surface area contributed by atoms with Crippen LogP contribution in [0.2, 0.25) is 0 Å². The third kappa shape index (κ3) is 3.13. The Kier molecular flexibility index (Phi) is 3.29. The van der Waals surface area contributed by atoms with Crippen molar-refractivity contribution in [1.82, 2.24) is 10.2 Å². The number of ether oxygens (including phenoxy) is 1. The molecule has 0 amide bonds. The van der Waals surface area contributed by atoms with Gasteiger partial charge in [0.05, 0.1) is 11.9 Å². The van der Waals surface area contributed by atoms with Crippen LogP contribution in [0.15, 0.2) is 30.5 Å². The van der Waals surface area contributed by atoms with Crippen LogP contribution in [0.4, 0.5) is 5.69 Å². The average Bonchev–Trinajstić information content (AvgIpc) is 2.76. The molecule has 0 bridgehead atoms. The lowest BCUT2D eigenvalue weighted by atomic mass is 10.1. The Morgan fingerprint density at radius 2 is 1.89 bits per heavy atom. The number of esters is 1. The number of carbonyl (C=O) groups excluding carboxylic acids is 1. The van der Waals surface area contributed by atoms with Crippen molar-refractivity contribution in [3.8, 4) is 11.3 Å². The highest BCUT2D eigenvalue weighted by atomic mass is 16.6. The minimum atomic E-state index is -0.535. The maximum absolute atomic E-state index is 12.1. The normalized spacial score (nSPS) is 11.3. The van der Waals surface area contributed by atoms with E-state index >= 15 is 0 Å². The van der Waals surface area contributed by atoms with Crippen molar-refractivity contribution in [2.24, 2.45) is 0 Å². The lowest BCUT2D eigenvalue weighted by Crippen LogP contribution is -2.24. The van der Waals surface area contributed by atoms with Crippen molar-refractivity contribution in [3.63, 3.8) is 0 Å². The van der Waals surface area contributed by atoms with Gasteiger partial charge in [-0.1, -0.05) is 12.1 Å². The number of aromatic amines is 1. The van der Waals surface area contributed by atoms with E-state index in [1.807, 2.05) is 32.9 Å². The van der Waals surface area contributed by atoms with Crippen molar-refractivity contribution in [2.75, 3.05) is 5.73 Å². The van der Waals surface area contributed by atoms with Crippen LogP contribution >= 0.6 is 0 Å². The molecule has 0 saturated heterocycles. The Bertz CT molecular complexity index is 579. The number of nitrogens with two attached hydrogens (primary N) is 1. The highest BCUT2D eigenvalue weighted by Crippen LogP contribution is 2.24. The summed E-state index contributed by atoms with van der Waals surface area (Å²) in [5.74, 6) is -0.395. The van der Waals surface area contributed by atoms with E-state index in [4.69, 9.17) is 10.5 Å². The molecule has 0 radical (unpaired) electrons. The molecule has 5 nitrogen and oxygen atoms in total. The summed E-state index contributed by atoms with van der Waals surface area (Å²) in [5, 5.41) is 6.73. The fourth-order valence-electron chi connectivity index (χ4n) is 1.64. The van der Waals surface area contributed by atoms with E-state index in [2.05, 4.69) is 10.2 Å². The Balaban J connectivity index is 2.32. The molecule has 100 valence electrons. The zero-order valence-corrected chi connectivity index (χ0v) is 11.2. The summed E-state index contributed by atoms with van der Waals surface area (Å²) in [5.41, 5.74) is 7.67. The predicted molar refractivity (Wildman–Crippen MR) is 73.6 cm³/mol. The molecule has 19 heavy (non-hydrogen) atoms. The Morgan fingerprint density at radius 1 is 1.26 bits per heavy atom. The second-order valence-electron chi connectivity index (χ2n) is 5.28. The topological polar surface area (TPSA) is 81.0 Å². The fraction of sp³-hybridized carbons (Fsp3) is 0.286. The third-order valence-corrected chi connectivity index (χ3v) is 2.46. The summed E-state index contributed by atoms with van der Waals surface area (Å²) in [6.45, 7) is 5.48. The standard InChI is InChI=1S/C14H17N3O2/c1-14(2,3)19-13(18)11-8-16-17-12(11)9-4-6-10(15)7-5-9/h4-8H,15H2,1-3H3,(H,16,17). The van der Waals surface area contributed by atoms with Crippen LogP contribution < -0.4 is 5.73 Å². The second kappa shape index (κ2) is 4.76. The van der Waals surface area contributed by atoms with Gasteiger partial charge >= 0.3 is 5.97 Å². The van der Waals surface area contributed by atoms with E-state index in [1.54, 1.807) is 12.1 Å². The summed E-state index contributed by atoms with van der Waals surface area (Å²) in [7, 11) is 0. The summed E-state index contributed by atoms with van der Waals surface area (Å²) in [6, 6.07) is 7.21. The fourth-order valence-corrected chi connectivity index (χ4v) is 1.64. The Hall–Kier alpha value is -2.30. The molecule has 2 rings (SSSR count). The number of nitrogen functional groups attached to an aromatic ring is 1. The van der Waals surface area contributed by atoms with Crippen molar-refractivity contribution >= 4 is 11.7 Å². The van der Waals surface area contributed by atoms with Gasteiger partial charge in [-0.05, 0) is 32.9 Å². The predicted octanol–water partition coefficient (Wildman–Crippen LogP) is 2.61. The first-order valence-electron chi connectivity index (χ1n) is 5.99. The quantitative estimate of drug-likeness (QED) is 0.641. The average molecular weight is 259 g/mol. The van der Waals surface area contributed by atoms with E-state index < -0.39 is 11.6 Å². The highest BCUT2D eigenvalue weighted by molar-refractivity contribution is 5.96. The summed E-state index contributed by atoms with van der Waals surface area (Å²) < 4.78 is 5.34. The molecular weight excluding hydrogens is 242 g/mol. The van der Waals surface area contributed by atoms with Crippen LogP contribution in [0.25, 0.3) is 11.3 Å². The van der Waals surface area contributed by atoms with Crippen molar-refractivity contribution in [1.29, 1.82) is 0 Å². The van der Waals surface area contributed by atoms with Gasteiger partial charge < -0.3 is 10.5 Å². The summed E-state index contributed by atoms with van der Waals surface area (Å²) in [4.78, 5) is 12.1. The van der Waals surface area contributed by atoms with Gasteiger partial charge in [-0.15, -0.1) is 0 Å². The molecule has 0 aliphatic heterocycles. The van der Waals surface area contributed by atoms with Crippen LogP contribution in [0.1, 0.15) is 31.1 Å². The number of H-pyrrole nitrogens is 1. The number of benzene rings is 1. The molecule has 5 heteroatoms. The molecule has 0 fully saturated rings. The molecule has 3 N–H and O–H groups in total. The smallest absolute Gasteiger partial charge is 0.342 e. The van der Waals surface area contributed by atoms with Crippen molar-refractivity contribution < 1.29 is 9.53 Å². The first-order chi connectivity index (χ1) is 8.87. The summed E-state index contributed by atoms with van der Waals surface area (Å²) in [6.07, 6.45) is 1.47. The first kappa shape index (κ1) is 13.1. The van der Waals surface area contributed by atoms with Gasteiger partial charge in [0.25, 0.3) is 0 Å². The molecule has 0 aliphatic carbocycles. The number of nitrogens with one attached hydrogen (secondary N) is 1. The molecular formula is C14H17N3O2. The van der Waals surface area contributed by atoms with Crippen LogP contribution in [-0.4, -0.2) is 21.8 Å². The summed E-state index contributed by atoms with van der Waals surface area (Å²) >= 11 is 0.